The first-order valence-electron chi connectivity index (χ1n) is 5.64. The van der Waals surface area contributed by atoms with Crippen LogP contribution in [0.5, 0.6) is 0 Å². The number of hydrogen-bond donors (Lipinski definition) is 0. The quantitative estimate of drug-likeness (QED) is 0.648. The summed E-state index contributed by atoms with van der Waals surface area (Å²) in [6.45, 7) is 16.2. The zero-order valence-electron chi connectivity index (χ0n) is 10.8. The second-order valence-corrected chi connectivity index (χ2v) is 4.79. The molecule has 0 aromatic heterocycles. The number of rotatable bonds is 1. The highest BCUT2D eigenvalue weighted by Crippen LogP contribution is 2.34. The van der Waals surface area contributed by atoms with E-state index in [-0.39, 0.29) is 11.2 Å². The smallest absolute Gasteiger partial charge is 0.162 e. The lowest BCUT2D eigenvalue weighted by Crippen LogP contribution is -2.47. The van der Waals surface area contributed by atoms with Crippen molar-refractivity contribution in [3.8, 4) is 0 Å². The van der Waals surface area contributed by atoms with Gasteiger partial charge in [0.25, 0.3) is 0 Å². The molecule has 1 rings (SSSR count). The summed E-state index contributed by atoms with van der Waals surface area (Å²) in [5, 5.41) is 0. The zero-order chi connectivity index (χ0) is 11.4. The van der Waals surface area contributed by atoms with E-state index in [1.165, 1.54) is 0 Å². The first-order valence-corrected chi connectivity index (χ1v) is 5.64. The summed E-state index contributed by atoms with van der Waals surface area (Å²) in [6.07, 6.45) is 0. The van der Waals surface area contributed by atoms with E-state index >= 15 is 0 Å². The second-order valence-electron chi connectivity index (χ2n) is 4.79. The van der Waals surface area contributed by atoms with Crippen LogP contribution in [0.3, 0.4) is 0 Å². The molecule has 0 saturated carbocycles. The van der Waals surface area contributed by atoms with Crippen LogP contribution >= 0.6 is 0 Å². The van der Waals surface area contributed by atoms with E-state index < -0.39 is 0 Å². The highest BCUT2D eigenvalue weighted by Gasteiger charge is 2.38. The molecule has 0 aromatic carbocycles. The maximum absolute atomic E-state index is 5.62. The Morgan fingerprint density at radius 2 is 1.29 bits per heavy atom. The average Bonchev–Trinajstić information content (AvgIpc) is 2.14. The second kappa shape index (κ2) is 5.13. The van der Waals surface area contributed by atoms with Crippen LogP contribution in [-0.2, 0) is 9.47 Å². The van der Waals surface area contributed by atoms with Gasteiger partial charge in [0, 0.05) is 5.41 Å². The minimum absolute atomic E-state index is 0.190. The van der Waals surface area contributed by atoms with Crippen molar-refractivity contribution < 1.29 is 9.47 Å². The fourth-order valence-electron chi connectivity index (χ4n) is 1.09. The van der Waals surface area contributed by atoms with Crippen LogP contribution in [0.25, 0.3) is 0 Å². The van der Waals surface area contributed by atoms with Crippen LogP contribution in [-0.4, -0.2) is 19.0 Å². The molecule has 2 heteroatoms. The molecule has 0 spiro atoms. The molecule has 1 aliphatic heterocycles. The molecule has 0 amide bonds. The molecule has 14 heavy (non-hydrogen) atoms. The van der Waals surface area contributed by atoms with Gasteiger partial charge in [0.15, 0.2) is 5.79 Å². The Morgan fingerprint density at radius 3 is 1.57 bits per heavy atom. The largest absolute Gasteiger partial charge is 0.350 e. The van der Waals surface area contributed by atoms with Gasteiger partial charge in [-0.3, -0.25) is 0 Å². The molecule has 86 valence electrons. The van der Waals surface area contributed by atoms with Gasteiger partial charge in [-0.05, 0) is 19.8 Å². The molecule has 1 fully saturated rings. The van der Waals surface area contributed by atoms with Crippen LogP contribution in [0.15, 0.2) is 0 Å². The SMILES string of the molecule is CC.CC(C)C1(C)COC(C)(C)OC1. The summed E-state index contributed by atoms with van der Waals surface area (Å²) in [5.74, 6) is 0.225. The Balaban J connectivity index is 0.000000791. The Hall–Kier alpha value is -0.0800. The third-order valence-corrected chi connectivity index (χ3v) is 2.89. The predicted octanol–water partition coefficient (Wildman–Crippen LogP) is 3.46. The first-order chi connectivity index (χ1) is 6.36. The van der Waals surface area contributed by atoms with Crippen molar-refractivity contribution in [2.75, 3.05) is 13.2 Å². The summed E-state index contributed by atoms with van der Waals surface area (Å²) >= 11 is 0. The van der Waals surface area contributed by atoms with E-state index in [2.05, 4.69) is 20.8 Å². The van der Waals surface area contributed by atoms with Gasteiger partial charge in [0.2, 0.25) is 0 Å². The lowest BCUT2D eigenvalue weighted by atomic mass is 9.80. The van der Waals surface area contributed by atoms with Crippen LogP contribution in [0.4, 0.5) is 0 Å². The fourth-order valence-corrected chi connectivity index (χ4v) is 1.09. The van der Waals surface area contributed by atoms with E-state index in [0.29, 0.717) is 5.92 Å². The topological polar surface area (TPSA) is 18.5 Å². The molecule has 1 heterocycles. The molecule has 0 unspecified atom stereocenters. The maximum Gasteiger partial charge on any atom is 0.162 e. The van der Waals surface area contributed by atoms with Crippen molar-refractivity contribution in [3.05, 3.63) is 0 Å². The van der Waals surface area contributed by atoms with E-state index in [1.54, 1.807) is 0 Å². The first kappa shape index (κ1) is 13.9. The summed E-state index contributed by atoms with van der Waals surface area (Å²) in [6, 6.07) is 0. The van der Waals surface area contributed by atoms with Crippen LogP contribution in [0, 0.1) is 11.3 Å². The molecule has 0 atom stereocenters. The van der Waals surface area contributed by atoms with Crippen LogP contribution in [0.1, 0.15) is 48.5 Å². The standard InChI is InChI=1S/C10H20O2.C2H6/c1-8(2)10(5)6-11-9(3,4)12-7-10;1-2/h8H,6-7H2,1-5H3;1-2H3. The van der Waals surface area contributed by atoms with Crippen LogP contribution < -0.4 is 0 Å². The Labute approximate surface area is 89.0 Å². The molecule has 0 radical (unpaired) electrons. The van der Waals surface area contributed by atoms with Gasteiger partial charge in [-0.2, -0.15) is 0 Å². The third kappa shape index (κ3) is 3.58. The monoisotopic (exact) mass is 202 g/mol. The van der Waals surface area contributed by atoms with E-state index in [4.69, 9.17) is 9.47 Å². The summed E-state index contributed by atoms with van der Waals surface area (Å²) in [7, 11) is 0. The summed E-state index contributed by atoms with van der Waals surface area (Å²) in [4.78, 5) is 0. The van der Waals surface area contributed by atoms with Crippen molar-refractivity contribution in [2.24, 2.45) is 11.3 Å². The lowest BCUT2D eigenvalue weighted by Gasteiger charge is -2.43. The molecule has 1 saturated heterocycles. The highest BCUT2D eigenvalue weighted by atomic mass is 16.7. The zero-order valence-corrected chi connectivity index (χ0v) is 10.8. The van der Waals surface area contributed by atoms with Gasteiger partial charge in [-0.25, -0.2) is 0 Å². The molecular formula is C12H26O2. The Morgan fingerprint density at radius 1 is 0.929 bits per heavy atom. The van der Waals surface area contributed by atoms with Crippen LogP contribution in [0.2, 0.25) is 0 Å². The van der Waals surface area contributed by atoms with E-state index in [0.717, 1.165) is 13.2 Å². The van der Waals surface area contributed by atoms with Crippen molar-refractivity contribution in [1.29, 1.82) is 0 Å². The molecule has 0 bridgehead atoms. The summed E-state index contributed by atoms with van der Waals surface area (Å²) < 4.78 is 11.2. The minimum atomic E-state index is -0.381. The van der Waals surface area contributed by atoms with Crippen molar-refractivity contribution in [3.63, 3.8) is 0 Å². The fraction of sp³-hybridized carbons (Fsp3) is 1.00. The Bertz CT molecular complexity index is 152. The molecule has 2 nitrogen and oxygen atoms in total. The molecule has 1 aliphatic rings. The maximum atomic E-state index is 5.62. The van der Waals surface area contributed by atoms with E-state index in [9.17, 15) is 0 Å². The van der Waals surface area contributed by atoms with Crippen molar-refractivity contribution >= 4 is 0 Å². The van der Waals surface area contributed by atoms with E-state index in [1.807, 2.05) is 27.7 Å². The number of hydrogen-bond acceptors (Lipinski definition) is 2. The normalized spacial score (nSPS) is 24.0. The Kier molecular flexibility index (Phi) is 5.10. The third-order valence-electron chi connectivity index (χ3n) is 2.89. The number of ether oxygens (including phenoxy) is 2. The average molecular weight is 202 g/mol. The molecule has 0 N–H and O–H groups in total. The predicted molar refractivity (Wildman–Crippen MR) is 60.3 cm³/mol. The molecule has 0 aliphatic carbocycles. The molecular weight excluding hydrogens is 176 g/mol. The van der Waals surface area contributed by atoms with Gasteiger partial charge >= 0.3 is 0 Å². The van der Waals surface area contributed by atoms with Crippen molar-refractivity contribution in [1.82, 2.24) is 0 Å². The highest BCUT2D eigenvalue weighted by molar-refractivity contribution is 4.81. The lowest BCUT2D eigenvalue weighted by molar-refractivity contribution is -0.289. The van der Waals surface area contributed by atoms with Gasteiger partial charge in [-0.15, -0.1) is 0 Å². The van der Waals surface area contributed by atoms with Gasteiger partial charge in [0.05, 0.1) is 13.2 Å². The van der Waals surface area contributed by atoms with Gasteiger partial charge in [0.1, 0.15) is 0 Å². The van der Waals surface area contributed by atoms with Gasteiger partial charge < -0.3 is 9.47 Å². The van der Waals surface area contributed by atoms with Crippen molar-refractivity contribution in [2.45, 2.75) is 54.3 Å². The molecule has 0 aromatic rings. The van der Waals surface area contributed by atoms with Gasteiger partial charge in [-0.1, -0.05) is 34.6 Å². The summed E-state index contributed by atoms with van der Waals surface area (Å²) in [5.41, 5.74) is 0.190. The minimum Gasteiger partial charge on any atom is -0.350 e.